The lowest BCUT2D eigenvalue weighted by molar-refractivity contribution is -0.134. The molecule has 0 saturated carbocycles. The van der Waals surface area contributed by atoms with Crippen molar-refractivity contribution >= 4 is 23.2 Å². The highest BCUT2D eigenvalue weighted by Crippen LogP contribution is 2.41. The minimum atomic E-state index is -1.02. The summed E-state index contributed by atoms with van der Waals surface area (Å²) in [5.41, 5.74) is 5.84. The predicted octanol–water partition coefficient (Wildman–Crippen LogP) is 1.69. The first-order valence-corrected chi connectivity index (χ1v) is 7.53. The molecular weight excluding hydrogens is 282 g/mol. The van der Waals surface area contributed by atoms with E-state index in [-0.39, 0.29) is 18.4 Å². The van der Waals surface area contributed by atoms with Crippen LogP contribution in [0.15, 0.2) is 18.2 Å². The lowest BCUT2D eigenvalue weighted by Crippen LogP contribution is -2.55. The van der Waals surface area contributed by atoms with Gasteiger partial charge in [0.25, 0.3) is 5.91 Å². The summed E-state index contributed by atoms with van der Waals surface area (Å²) < 4.78 is 5.72. The topological polar surface area (TPSA) is 84.7 Å². The number of hydrogen-bond donors (Lipinski definition) is 2. The molecule has 0 atom stereocenters. The number of carbonyl (C=O) groups is 2. The van der Waals surface area contributed by atoms with E-state index in [9.17, 15) is 9.59 Å². The maximum absolute atomic E-state index is 12.6. The summed E-state index contributed by atoms with van der Waals surface area (Å²) in [7, 11) is 0. The third-order valence-corrected chi connectivity index (χ3v) is 3.58. The zero-order valence-electron chi connectivity index (χ0n) is 13.3. The van der Waals surface area contributed by atoms with Gasteiger partial charge in [-0.25, -0.2) is 0 Å². The second-order valence-electron chi connectivity index (χ2n) is 5.90. The van der Waals surface area contributed by atoms with E-state index in [0.717, 1.165) is 12.8 Å². The molecule has 0 radical (unpaired) electrons. The summed E-state index contributed by atoms with van der Waals surface area (Å²) in [4.78, 5) is 26.1. The number of hydrogen-bond acceptors (Lipinski definition) is 4. The fourth-order valence-corrected chi connectivity index (χ4v) is 2.41. The number of para-hydroxylation sites is 1. The molecule has 0 aromatic heterocycles. The summed E-state index contributed by atoms with van der Waals surface area (Å²) >= 11 is 0. The zero-order valence-corrected chi connectivity index (χ0v) is 13.3. The number of carbonyl (C=O) groups excluding carboxylic acids is 2. The SMILES string of the molecule is CCCCNC(=O)CN1C(=O)C(C)(C)Oc2cccc(N)c21. The van der Waals surface area contributed by atoms with Crippen molar-refractivity contribution in [3.8, 4) is 5.75 Å². The maximum atomic E-state index is 12.6. The minimum absolute atomic E-state index is 0.0590. The first kappa shape index (κ1) is 16.1. The first-order valence-electron chi connectivity index (χ1n) is 7.53. The second kappa shape index (κ2) is 6.25. The van der Waals surface area contributed by atoms with Crippen molar-refractivity contribution < 1.29 is 14.3 Å². The lowest BCUT2D eigenvalue weighted by Gasteiger charge is -2.39. The highest BCUT2D eigenvalue weighted by Gasteiger charge is 2.42. The van der Waals surface area contributed by atoms with Crippen molar-refractivity contribution in [2.24, 2.45) is 0 Å². The van der Waals surface area contributed by atoms with Crippen LogP contribution in [0.5, 0.6) is 5.75 Å². The van der Waals surface area contributed by atoms with Crippen LogP contribution >= 0.6 is 0 Å². The highest BCUT2D eigenvalue weighted by molar-refractivity contribution is 6.08. The van der Waals surface area contributed by atoms with Crippen molar-refractivity contribution in [2.75, 3.05) is 23.7 Å². The molecule has 0 spiro atoms. The zero-order chi connectivity index (χ0) is 16.3. The number of nitrogens with one attached hydrogen (secondary N) is 1. The minimum Gasteiger partial charge on any atom is -0.476 e. The Labute approximate surface area is 130 Å². The van der Waals surface area contributed by atoms with Gasteiger partial charge >= 0.3 is 0 Å². The van der Waals surface area contributed by atoms with Crippen LogP contribution in [0.2, 0.25) is 0 Å². The number of fused-ring (bicyclic) bond motifs is 1. The smallest absolute Gasteiger partial charge is 0.271 e. The lowest BCUT2D eigenvalue weighted by atomic mass is 10.0. The van der Waals surface area contributed by atoms with Crippen LogP contribution in [-0.4, -0.2) is 30.5 Å². The number of nitrogens with two attached hydrogens (primary N) is 1. The normalized spacial score (nSPS) is 16.0. The molecule has 0 fully saturated rings. The molecule has 1 aromatic rings. The quantitative estimate of drug-likeness (QED) is 0.640. The molecule has 120 valence electrons. The van der Waals surface area contributed by atoms with Gasteiger partial charge in [-0.15, -0.1) is 0 Å². The van der Waals surface area contributed by atoms with E-state index >= 15 is 0 Å². The first-order chi connectivity index (χ1) is 10.4. The van der Waals surface area contributed by atoms with E-state index in [0.29, 0.717) is 23.7 Å². The molecule has 1 aromatic carbocycles. The fourth-order valence-electron chi connectivity index (χ4n) is 2.41. The van der Waals surface area contributed by atoms with E-state index in [4.69, 9.17) is 10.5 Å². The van der Waals surface area contributed by atoms with Gasteiger partial charge in [0.05, 0.1) is 5.69 Å². The molecule has 0 unspecified atom stereocenters. The van der Waals surface area contributed by atoms with Crippen molar-refractivity contribution in [3.63, 3.8) is 0 Å². The standard InChI is InChI=1S/C16H23N3O3/c1-4-5-9-18-13(20)10-19-14-11(17)7-6-8-12(14)22-16(2,3)15(19)21/h6-8H,4-5,9-10,17H2,1-3H3,(H,18,20). The summed E-state index contributed by atoms with van der Waals surface area (Å²) in [6.45, 7) is 5.97. The Morgan fingerprint density at radius 3 is 2.82 bits per heavy atom. The number of nitrogens with zero attached hydrogens (tertiary/aromatic N) is 1. The van der Waals surface area contributed by atoms with Crippen LogP contribution in [0.1, 0.15) is 33.6 Å². The van der Waals surface area contributed by atoms with Gasteiger partial charge in [0.1, 0.15) is 18.0 Å². The molecule has 2 amide bonds. The molecule has 1 aliphatic rings. The van der Waals surface area contributed by atoms with E-state index < -0.39 is 5.60 Å². The number of anilines is 2. The summed E-state index contributed by atoms with van der Waals surface area (Å²) in [5, 5.41) is 2.81. The summed E-state index contributed by atoms with van der Waals surface area (Å²) in [6.07, 6.45) is 1.91. The molecule has 6 nitrogen and oxygen atoms in total. The number of benzene rings is 1. The number of nitrogen functional groups attached to an aromatic ring is 1. The van der Waals surface area contributed by atoms with E-state index in [1.54, 1.807) is 32.0 Å². The number of ether oxygens (including phenoxy) is 1. The Bertz CT molecular complexity index is 584. The Morgan fingerprint density at radius 2 is 2.14 bits per heavy atom. The second-order valence-corrected chi connectivity index (χ2v) is 5.90. The van der Waals surface area contributed by atoms with Gasteiger partial charge in [-0.1, -0.05) is 19.4 Å². The van der Waals surface area contributed by atoms with Gasteiger partial charge in [-0.2, -0.15) is 0 Å². The average Bonchev–Trinajstić information content (AvgIpc) is 2.44. The van der Waals surface area contributed by atoms with Crippen LogP contribution < -0.4 is 20.7 Å². The van der Waals surface area contributed by atoms with Crippen LogP contribution in [0.25, 0.3) is 0 Å². The Balaban J connectivity index is 2.25. The van der Waals surface area contributed by atoms with Crippen LogP contribution in [0, 0.1) is 0 Å². The van der Waals surface area contributed by atoms with Gasteiger partial charge < -0.3 is 15.8 Å². The molecule has 0 bridgehead atoms. The Hall–Kier alpha value is -2.24. The van der Waals surface area contributed by atoms with Gasteiger partial charge in [0.2, 0.25) is 5.91 Å². The van der Waals surface area contributed by atoms with Gasteiger partial charge in [0, 0.05) is 6.54 Å². The fraction of sp³-hybridized carbons (Fsp3) is 0.500. The molecule has 0 aliphatic carbocycles. The van der Waals surface area contributed by atoms with Crippen molar-refractivity contribution in [2.45, 2.75) is 39.2 Å². The van der Waals surface area contributed by atoms with E-state index in [2.05, 4.69) is 12.2 Å². The van der Waals surface area contributed by atoms with E-state index in [1.165, 1.54) is 4.90 Å². The molecule has 2 rings (SSSR count). The van der Waals surface area contributed by atoms with Crippen molar-refractivity contribution in [3.05, 3.63) is 18.2 Å². The molecule has 1 heterocycles. The van der Waals surface area contributed by atoms with Crippen LogP contribution in [-0.2, 0) is 9.59 Å². The largest absolute Gasteiger partial charge is 0.476 e. The van der Waals surface area contributed by atoms with Crippen molar-refractivity contribution in [1.82, 2.24) is 5.32 Å². The number of amides is 2. The Morgan fingerprint density at radius 1 is 1.41 bits per heavy atom. The molecule has 6 heteroatoms. The molecule has 1 aliphatic heterocycles. The maximum Gasteiger partial charge on any atom is 0.271 e. The summed E-state index contributed by atoms with van der Waals surface area (Å²) in [5.74, 6) is 0.0446. The highest BCUT2D eigenvalue weighted by atomic mass is 16.5. The van der Waals surface area contributed by atoms with Gasteiger partial charge in [0.15, 0.2) is 5.60 Å². The summed E-state index contributed by atoms with van der Waals surface area (Å²) in [6, 6.07) is 5.21. The Kier molecular flexibility index (Phi) is 4.59. The van der Waals surface area contributed by atoms with Crippen LogP contribution in [0.3, 0.4) is 0 Å². The third-order valence-electron chi connectivity index (χ3n) is 3.58. The molecule has 0 saturated heterocycles. The van der Waals surface area contributed by atoms with Gasteiger partial charge in [-0.05, 0) is 32.4 Å². The monoisotopic (exact) mass is 305 g/mol. The average molecular weight is 305 g/mol. The van der Waals surface area contributed by atoms with Crippen molar-refractivity contribution in [1.29, 1.82) is 0 Å². The van der Waals surface area contributed by atoms with E-state index in [1.807, 2.05) is 0 Å². The predicted molar refractivity (Wildman–Crippen MR) is 85.8 cm³/mol. The number of unbranched alkanes of at least 4 members (excludes halogenated alkanes) is 1. The van der Waals surface area contributed by atoms with Gasteiger partial charge in [-0.3, -0.25) is 14.5 Å². The number of rotatable bonds is 5. The van der Waals surface area contributed by atoms with Crippen LogP contribution in [0.4, 0.5) is 11.4 Å². The third kappa shape index (κ3) is 3.16. The molecule has 3 N–H and O–H groups in total. The molecular formula is C16H23N3O3. The molecule has 22 heavy (non-hydrogen) atoms.